The molecule has 1 aliphatic carbocycles. The molecule has 3 heteroatoms. The number of halogens is 1. The van der Waals surface area contributed by atoms with Gasteiger partial charge in [0, 0.05) is 28.1 Å². The number of nitrogens with one attached hydrogen (secondary N) is 1. The lowest BCUT2D eigenvalue weighted by molar-refractivity contribution is 0.626. The Morgan fingerprint density at radius 3 is 2.55 bits per heavy atom. The fourth-order valence-electron chi connectivity index (χ4n) is 2.46. The highest BCUT2D eigenvalue weighted by Gasteiger charge is 2.12. The first-order chi connectivity index (χ1) is 9.76. The summed E-state index contributed by atoms with van der Waals surface area (Å²) in [5, 5.41) is 3.25. The minimum absolute atomic E-state index is 0.191. The smallest absolute Gasteiger partial charge is 0.123 e. The van der Waals surface area contributed by atoms with E-state index in [-0.39, 0.29) is 5.82 Å². The van der Waals surface area contributed by atoms with Gasteiger partial charge in [0.25, 0.3) is 0 Å². The molecule has 102 valence electrons. The minimum Gasteiger partial charge on any atom is -0.388 e. The van der Waals surface area contributed by atoms with Crippen LogP contribution in [-0.2, 0) is 6.42 Å². The maximum atomic E-state index is 12.9. The van der Waals surface area contributed by atoms with Gasteiger partial charge in [-0.1, -0.05) is 23.9 Å². The average molecular weight is 285 g/mol. The summed E-state index contributed by atoms with van der Waals surface area (Å²) in [5.41, 5.74) is 3.88. The van der Waals surface area contributed by atoms with Crippen molar-refractivity contribution >= 4 is 17.5 Å². The molecule has 0 saturated carbocycles. The predicted molar refractivity (Wildman–Crippen MR) is 82.3 cm³/mol. The highest BCUT2D eigenvalue weighted by atomic mass is 32.2. The summed E-state index contributed by atoms with van der Waals surface area (Å²) < 4.78 is 12.9. The van der Waals surface area contributed by atoms with Gasteiger partial charge in [0.1, 0.15) is 5.82 Å². The maximum Gasteiger partial charge on any atom is 0.123 e. The lowest BCUT2D eigenvalue weighted by atomic mass is 9.95. The monoisotopic (exact) mass is 285 g/mol. The van der Waals surface area contributed by atoms with Gasteiger partial charge in [-0.05, 0) is 54.8 Å². The van der Waals surface area contributed by atoms with E-state index in [0.717, 1.165) is 17.7 Å². The molecule has 0 fully saturated rings. The van der Waals surface area contributed by atoms with Crippen LogP contribution in [0.5, 0.6) is 0 Å². The SMILES string of the molecule is CNC1=CCCc2cc(Sc3ccc(F)cc3)ccc21. The van der Waals surface area contributed by atoms with E-state index in [2.05, 4.69) is 29.6 Å². The number of aryl methyl sites for hydroxylation is 1. The van der Waals surface area contributed by atoms with Crippen molar-refractivity contribution in [2.45, 2.75) is 22.6 Å². The Labute approximate surface area is 122 Å². The fraction of sp³-hybridized carbons (Fsp3) is 0.176. The summed E-state index contributed by atoms with van der Waals surface area (Å²) in [6, 6.07) is 13.2. The molecular formula is C17H16FNS. The normalized spacial score (nSPS) is 13.6. The van der Waals surface area contributed by atoms with E-state index >= 15 is 0 Å². The zero-order valence-corrected chi connectivity index (χ0v) is 12.1. The van der Waals surface area contributed by atoms with Crippen LogP contribution in [0.15, 0.2) is 58.3 Å². The van der Waals surface area contributed by atoms with Crippen molar-refractivity contribution in [2.24, 2.45) is 0 Å². The zero-order valence-electron chi connectivity index (χ0n) is 11.3. The molecule has 0 heterocycles. The Hall–Kier alpha value is -1.74. The summed E-state index contributed by atoms with van der Waals surface area (Å²) in [6.45, 7) is 0. The van der Waals surface area contributed by atoms with Gasteiger partial charge in [0.2, 0.25) is 0 Å². The lowest BCUT2D eigenvalue weighted by Gasteiger charge is -2.18. The molecule has 0 amide bonds. The Kier molecular flexibility index (Phi) is 3.79. The van der Waals surface area contributed by atoms with E-state index in [0.29, 0.717) is 0 Å². The first kappa shape index (κ1) is 13.3. The maximum absolute atomic E-state index is 12.9. The minimum atomic E-state index is -0.191. The number of benzene rings is 2. The van der Waals surface area contributed by atoms with E-state index < -0.39 is 0 Å². The highest BCUT2D eigenvalue weighted by Crippen LogP contribution is 2.32. The molecule has 3 rings (SSSR count). The van der Waals surface area contributed by atoms with Crippen molar-refractivity contribution in [3.05, 3.63) is 65.5 Å². The standard InChI is InChI=1S/C17H16FNS/c1-19-17-4-2-3-12-11-15(9-10-16(12)17)20-14-7-5-13(18)6-8-14/h4-11,19H,2-3H2,1H3. The van der Waals surface area contributed by atoms with Crippen LogP contribution < -0.4 is 5.32 Å². The van der Waals surface area contributed by atoms with E-state index in [1.54, 1.807) is 11.8 Å². The van der Waals surface area contributed by atoms with E-state index in [9.17, 15) is 4.39 Å². The van der Waals surface area contributed by atoms with Gasteiger partial charge in [-0.15, -0.1) is 0 Å². The van der Waals surface area contributed by atoms with Gasteiger partial charge < -0.3 is 5.32 Å². The molecule has 1 N–H and O–H groups in total. The molecular weight excluding hydrogens is 269 g/mol. The largest absolute Gasteiger partial charge is 0.388 e. The van der Waals surface area contributed by atoms with Crippen LogP contribution in [-0.4, -0.2) is 7.05 Å². The van der Waals surface area contributed by atoms with Crippen molar-refractivity contribution in [3.63, 3.8) is 0 Å². The van der Waals surface area contributed by atoms with Gasteiger partial charge in [0.15, 0.2) is 0 Å². The Morgan fingerprint density at radius 2 is 1.80 bits per heavy atom. The van der Waals surface area contributed by atoms with Crippen LogP contribution in [0.2, 0.25) is 0 Å². The Morgan fingerprint density at radius 1 is 1.05 bits per heavy atom. The van der Waals surface area contributed by atoms with Crippen molar-refractivity contribution in [1.29, 1.82) is 0 Å². The van der Waals surface area contributed by atoms with Crippen LogP contribution in [0.3, 0.4) is 0 Å². The molecule has 0 radical (unpaired) electrons. The highest BCUT2D eigenvalue weighted by molar-refractivity contribution is 7.99. The molecule has 2 aromatic rings. The first-order valence-corrected chi connectivity index (χ1v) is 7.52. The molecule has 0 bridgehead atoms. The summed E-state index contributed by atoms with van der Waals surface area (Å²) in [7, 11) is 1.96. The summed E-state index contributed by atoms with van der Waals surface area (Å²) in [5.74, 6) is -0.191. The second-order valence-corrected chi connectivity index (χ2v) is 5.93. The second-order valence-electron chi connectivity index (χ2n) is 4.78. The van der Waals surface area contributed by atoms with Gasteiger partial charge in [-0.2, -0.15) is 0 Å². The van der Waals surface area contributed by atoms with Crippen LogP contribution in [0.1, 0.15) is 17.5 Å². The van der Waals surface area contributed by atoms with E-state index in [4.69, 9.17) is 0 Å². The lowest BCUT2D eigenvalue weighted by Crippen LogP contribution is -2.10. The predicted octanol–water partition coefficient (Wildman–Crippen LogP) is 4.48. The Bertz CT molecular complexity index is 647. The summed E-state index contributed by atoms with van der Waals surface area (Å²) in [6.07, 6.45) is 4.40. The number of hydrogen-bond donors (Lipinski definition) is 1. The second kappa shape index (κ2) is 5.71. The van der Waals surface area contributed by atoms with Crippen LogP contribution in [0.25, 0.3) is 5.70 Å². The molecule has 1 aliphatic rings. The third kappa shape index (κ3) is 2.73. The Balaban J connectivity index is 1.86. The quantitative estimate of drug-likeness (QED) is 0.892. The molecule has 0 atom stereocenters. The van der Waals surface area contributed by atoms with Gasteiger partial charge >= 0.3 is 0 Å². The van der Waals surface area contributed by atoms with Gasteiger partial charge in [0.05, 0.1) is 0 Å². The fourth-order valence-corrected chi connectivity index (χ4v) is 3.34. The van der Waals surface area contributed by atoms with Gasteiger partial charge in [-0.25, -0.2) is 4.39 Å². The van der Waals surface area contributed by atoms with E-state index in [1.807, 2.05) is 19.2 Å². The number of rotatable bonds is 3. The molecule has 0 aliphatic heterocycles. The molecule has 0 saturated heterocycles. The van der Waals surface area contributed by atoms with Gasteiger partial charge in [-0.3, -0.25) is 0 Å². The molecule has 2 aromatic carbocycles. The van der Waals surface area contributed by atoms with Crippen molar-refractivity contribution in [3.8, 4) is 0 Å². The average Bonchev–Trinajstić information content (AvgIpc) is 2.49. The molecule has 0 aromatic heterocycles. The third-order valence-electron chi connectivity index (χ3n) is 3.45. The van der Waals surface area contributed by atoms with Crippen molar-refractivity contribution in [2.75, 3.05) is 7.05 Å². The van der Waals surface area contributed by atoms with Crippen LogP contribution in [0.4, 0.5) is 4.39 Å². The molecule has 20 heavy (non-hydrogen) atoms. The van der Waals surface area contributed by atoms with E-state index in [1.165, 1.54) is 33.9 Å². The van der Waals surface area contributed by atoms with Crippen molar-refractivity contribution in [1.82, 2.24) is 5.32 Å². The number of allylic oxidation sites excluding steroid dienone is 1. The molecule has 1 nitrogen and oxygen atoms in total. The van der Waals surface area contributed by atoms with Crippen LogP contribution >= 0.6 is 11.8 Å². The number of hydrogen-bond acceptors (Lipinski definition) is 2. The molecule has 0 spiro atoms. The van der Waals surface area contributed by atoms with Crippen molar-refractivity contribution < 1.29 is 4.39 Å². The topological polar surface area (TPSA) is 12.0 Å². The third-order valence-corrected chi connectivity index (χ3v) is 4.45. The van der Waals surface area contributed by atoms with Crippen LogP contribution in [0, 0.1) is 5.82 Å². The zero-order chi connectivity index (χ0) is 13.9. The summed E-state index contributed by atoms with van der Waals surface area (Å²) >= 11 is 1.67. The number of fused-ring (bicyclic) bond motifs is 1. The first-order valence-electron chi connectivity index (χ1n) is 6.71. The molecule has 0 unspecified atom stereocenters. The summed E-state index contributed by atoms with van der Waals surface area (Å²) in [4.78, 5) is 2.26.